The number of aldehydes is 1. The molecule has 0 amide bonds. The van der Waals surface area contributed by atoms with Crippen LogP contribution in [-0.2, 0) is 0 Å². The predicted molar refractivity (Wildman–Crippen MR) is 74.4 cm³/mol. The molecule has 100 valence electrons. The molecule has 0 spiro atoms. The first-order valence-electron chi connectivity index (χ1n) is 6.34. The minimum absolute atomic E-state index is 0.209. The van der Waals surface area contributed by atoms with Crippen molar-refractivity contribution in [3.63, 3.8) is 0 Å². The molecular formula is C13H20ClN3O. The highest BCUT2D eigenvalue weighted by atomic mass is 35.5. The number of nitrogens with one attached hydrogen (secondary N) is 1. The second-order valence-electron chi connectivity index (χ2n) is 4.48. The smallest absolute Gasteiger partial charge is 0.156 e. The minimum atomic E-state index is 0.209. The van der Waals surface area contributed by atoms with E-state index in [4.69, 9.17) is 11.6 Å². The van der Waals surface area contributed by atoms with Gasteiger partial charge in [0.25, 0.3) is 0 Å². The van der Waals surface area contributed by atoms with Crippen molar-refractivity contribution in [2.45, 2.75) is 52.5 Å². The van der Waals surface area contributed by atoms with Gasteiger partial charge in [-0.3, -0.25) is 4.79 Å². The van der Waals surface area contributed by atoms with Crippen molar-refractivity contribution < 1.29 is 4.79 Å². The van der Waals surface area contributed by atoms with Crippen LogP contribution in [0.25, 0.3) is 0 Å². The van der Waals surface area contributed by atoms with Crippen LogP contribution in [0.4, 0.5) is 5.82 Å². The zero-order chi connectivity index (χ0) is 13.5. The van der Waals surface area contributed by atoms with Gasteiger partial charge in [0.1, 0.15) is 16.8 Å². The first-order chi connectivity index (χ1) is 8.58. The number of aromatic nitrogens is 2. The lowest BCUT2D eigenvalue weighted by molar-refractivity contribution is 0.112. The van der Waals surface area contributed by atoms with Gasteiger partial charge in [0.15, 0.2) is 6.29 Å². The van der Waals surface area contributed by atoms with Crippen molar-refractivity contribution >= 4 is 23.7 Å². The van der Waals surface area contributed by atoms with Gasteiger partial charge in [0.05, 0.1) is 5.56 Å². The Kier molecular flexibility index (Phi) is 6.05. The van der Waals surface area contributed by atoms with Gasteiger partial charge in [-0.25, -0.2) is 9.97 Å². The van der Waals surface area contributed by atoms with Crippen LogP contribution < -0.4 is 5.32 Å². The summed E-state index contributed by atoms with van der Waals surface area (Å²) < 4.78 is 0. The standard InChI is InChI=1S/C13H20ClN3O/c1-4-5-6-7-9(2)15-13-11(8-18)12(14)16-10(3)17-13/h8-9H,4-7H2,1-3H3,(H,15,16,17). The molecule has 0 aliphatic rings. The molecule has 0 aliphatic carbocycles. The van der Waals surface area contributed by atoms with Crippen molar-refractivity contribution in [3.05, 3.63) is 16.5 Å². The monoisotopic (exact) mass is 269 g/mol. The fraction of sp³-hybridized carbons (Fsp3) is 0.615. The summed E-state index contributed by atoms with van der Waals surface area (Å²) in [4.78, 5) is 19.2. The lowest BCUT2D eigenvalue weighted by Crippen LogP contribution is -2.18. The molecule has 0 aromatic carbocycles. The molecule has 1 aromatic heterocycles. The molecule has 0 radical (unpaired) electrons. The number of unbranched alkanes of at least 4 members (excludes halogenated alkanes) is 2. The Bertz CT molecular complexity index is 409. The van der Waals surface area contributed by atoms with Gasteiger partial charge < -0.3 is 5.32 Å². The molecule has 1 atom stereocenters. The summed E-state index contributed by atoms with van der Waals surface area (Å²) in [5.74, 6) is 1.10. The number of hydrogen-bond donors (Lipinski definition) is 1. The van der Waals surface area contributed by atoms with E-state index in [0.717, 1.165) is 6.42 Å². The van der Waals surface area contributed by atoms with Gasteiger partial charge in [-0.05, 0) is 20.3 Å². The molecule has 1 heterocycles. The maximum absolute atomic E-state index is 11.0. The summed E-state index contributed by atoms with van der Waals surface area (Å²) in [6.45, 7) is 6.01. The highest BCUT2D eigenvalue weighted by Gasteiger charge is 2.12. The quantitative estimate of drug-likeness (QED) is 0.467. The van der Waals surface area contributed by atoms with Crippen LogP contribution in [0.15, 0.2) is 0 Å². The van der Waals surface area contributed by atoms with E-state index in [0.29, 0.717) is 23.5 Å². The largest absolute Gasteiger partial charge is 0.367 e. The van der Waals surface area contributed by atoms with Gasteiger partial charge >= 0.3 is 0 Å². The molecule has 0 fully saturated rings. The summed E-state index contributed by atoms with van der Waals surface area (Å²) in [5.41, 5.74) is 0.338. The second-order valence-corrected chi connectivity index (χ2v) is 4.84. The van der Waals surface area contributed by atoms with Crippen LogP contribution in [0, 0.1) is 6.92 Å². The van der Waals surface area contributed by atoms with Gasteiger partial charge in [0.2, 0.25) is 0 Å². The van der Waals surface area contributed by atoms with Gasteiger partial charge in [-0.2, -0.15) is 0 Å². The van der Waals surface area contributed by atoms with Crippen LogP contribution in [0.5, 0.6) is 0 Å². The summed E-state index contributed by atoms with van der Waals surface area (Å²) in [5, 5.41) is 3.44. The molecular weight excluding hydrogens is 250 g/mol. The van der Waals surface area contributed by atoms with E-state index in [2.05, 4.69) is 29.1 Å². The number of carbonyl (C=O) groups is 1. The lowest BCUT2D eigenvalue weighted by Gasteiger charge is -2.16. The van der Waals surface area contributed by atoms with E-state index in [9.17, 15) is 4.79 Å². The van der Waals surface area contributed by atoms with Gasteiger partial charge in [0, 0.05) is 6.04 Å². The Morgan fingerprint density at radius 2 is 2.11 bits per heavy atom. The average Bonchev–Trinajstić information content (AvgIpc) is 2.28. The third-order valence-electron chi connectivity index (χ3n) is 2.75. The van der Waals surface area contributed by atoms with Crippen LogP contribution in [0.1, 0.15) is 55.7 Å². The Hall–Kier alpha value is -1.16. The van der Waals surface area contributed by atoms with Crippen molar-refractivity contribution in [2.24, 2.45) is 0 Å². The van der Waals surface area contributed by atoms with Crippen LogP contribution in [0.2, 0.25) is 5.15 Å². The summed E-state index contributed by atoms with van der Waals surface area (Å²) in [7, 11) is 0. The normalized spacial score (nSPS) is 12.2. The third kappa shape index (κ3) is 4.26. The number of carbonyl (C=O) groups excluding carboxylic acids is 1. The van der Waals surface area contributed by atoms with Crippen molar-refractivity contribution in [3.8, 4) is 0 Å². The fourth-order valence-corrected chi connectivity index (χ4v) is 2.02. The van der Waals surface area contributed by atoms with E-state index >= 15 is 0 Å². The predicted octanol–water partition coefficient (Wildman–Crippen LogP) is 3.63. The third-order valence-corrected chi connectivity index (χ3v) is 3.04. The van der Waals surface area contributed by atoms with E-state index in [1.807, 2.05) is 0 Å². The Labute approximate surface area is 113 Å². The summed E-state index contributed by atoms with van der Waals surface area (Å²) in [6.07, 6.45) is 5.33. The van der Waals surface area contributed by atoms with E-state index in [1.165, 1.54) is 19.3 Å². The van der Waals surface area contributed by atoms with E-state index < -0.39 is 0 Å². The molecule has 0 bridgehead atoms. The highest BCUT2D eigenvalue weighted by Crippen LogP contribution is 2.20. The average molecular weight is 270 g/mol. The first kappa shape index (κ1) is 14.9. The molecule has 1 rings (SSSR count). The Morgan fingerprint density at radius 1 is 1.39 bits per heavy atom. The number of hydrogen-bond acceptors (Lipinski definition) is 4. The Morgan fingerprint density at radius 3 is 2.72 bits per heavy atom. The molecule has 18 heavy (non-hydrogen) atoms. The maximum Gasteiger partial charge on any atom is 0.156 e. The molecule has 1 unspecified atom stereocenters. The van der Waals surface area contributed by atoms with Crippen molar-refractivity contribution in [2.75, 3.05) is 5.32 Å². The number of nitrogens with zero attached hydrogens (tertiary/aromatic N) is 2. The maximum atomic E-state index is 11.0. The van der Waals surface area contributed by atoms with Gasteiger partial charge in [-0.15, -0.1) is 0 Å². The topological polar surface area (TPSA) is 54.9 Å². The summed E-state index contributed by atoms with van der Waals surface area (Å²) in [6, 6.07) is 0.264. The SMILES string of the molecule is CCCCCC(C)Nc1nc(C)nc(Cl)c1C=O. The lowest BCUT2D eigenvalue weighted by atomic mass is 10.1. The number of aryl methyl sites for hydroxylation is 1. The number of halogens is 1. The molecule has 0 saturated carbocycles. The molecule has 1 N–H and O–H groups in total. The molecule has 1 aromatic rings. The molecule has 0 saturated heterocycles. The highest BCUT2D eigenvalue weighted by molar-refractivity contribution is 6.32. The zero-order valence-corrected chi connectivity index (χ0v) is 11.9. The summed E-state index contributed by atoms with van der Waals surface area (Å²) >= 11 is 5.92. The van der Waals surface area contributed by atoms with Gasteiger partial charge in [-0.1, -0.05) is 37.8 Å². The Balaban J connectivity index is 2.73. The fourth-order valence-electron chi connectivity index (χ4n) is 1.77. The van der Waals surface area contributed by atoms with Crippen LogP contribution in [-0.4, -0.2) is 22.3 Å². The first-order valence-corrected chi connectivity index (χ1v) is 6.72. The van der Waals surface area contributed by atoms with Crippen molar-refractivity contribution in [1.29, 1.82) is 0 Å². The minimum Gasteiger partial charge on any atom is -0.367 e. The molecule has 5 heteroatoms. The number of anilines is 1. The van der Waals surface area contributed by atoms with E-state index in [1.54, 1.807) is 6.92 Å². The van der Waals surface area contributed by atoms with E-state index in [-0.39, 0.29) is 11.2 Å². The molecule has 0 aliphatic heterocycles. The van der Waals surface area contributed by atoms with Crippen molar-refractivity contribution in [1.82, 2.24) is 9.97 Å². The number of rotatable bonds is 7. The zero-order valence-electron chi connectivity index (χ0n) is 11.2. The van der Waals surface area contributed by atoms with Crippen LogP contribution in [0.3, 0.4) is 0 Å². The second kappa shape index (κ2) is 7.31. The van der Waals surface area contributed by atoms with Crippen LogP contribution >= 0.6 is 11.6 Å². The molecule has 4 nitrogen and oxygen atoms in total.